The van der Waals surface area contributed by atoms with Crippen LogP contribution in [0, 0.1) is 0 Å². The number of methoxy groups -OCH3 is 2. The first-order valence-electron chi connectivity index (χ1n) is 9.87. The molecule has 2 aromatic carbocycles. The van der Waals surface area contributed by atoms with Crippen LogP contribution in [0.15, 0.2) is 48.5 Å². The van der Waals surface area contributed by atoms with Crippen LogP contribution in [-0.2, 0) is 19.9 Å². The summed E-state index contributed by atoms with van der Waals surface area (Å²) in [6, 6.07) is 14.8. The standard InChI is InChI=1S/C23H28NO5/c1-24(2)15-13-22(14-16-24)28-21(25)23(29-22,17-5-9-19(26-3)10-6-17)18-7-11-20(27-4)12-8-18/h5-12H,13-16H2,1-4H3/q+1. The summed E-state index contributed by atoms with van der Waals surface area (Å²) in [7, 11) is 7.60. The number of carbonyl (C=O) groups excluding carboxylic acids is 1. The van der Waals surface area contributed by atoms with Gasteiger partial charge in [0.2, 0.25) is 11.4 Å². The molecule has 2 fully saturated rings. The number of hydrogen-bond donors (Lipinski definition) is 0. The fourth-order valence-electron chi connectivity index (χ4n) is 4.14. The lowest BCUT2D eigenvalue weighted by Gasteiger charge is -2.41. The maximum absolute atomic E-state index is 13.4. The Morgan fingerprint density at radius 1 is 0.828 bits per heavy atom. The number of ether oxygens (including phenoxy) is 4. The highest BCUT2D eigenvalue weighted by atomic mass is 16.8. The van der Waals surface area contributed by atoms with Gasteiger partial charge in [-0.25, -0.2) is 4.79 Å². The molecule has 0 aromatic heterocycles. The van der Waals surface area contributed by atoms with Gasteiger partial charge in [0.05, 0.1) is 54.2 Å². The topological polar surface area (TPSA) is 54.0 Å². The number of carbonyl (C=O) groups is 1. The van der Waals surface area contributed by atoms with Crippen LogP contribution in [0.2, 0.25) is 0 Å². The number of benzene rings is 2. The van der Waals surface area contributed by atoms with Crippen molar-refractivity contribution in [3.63, 3.8) is 0 Å². The zero-order chi connectivity index (χ0) is 20.7. The van der Waals surface area contributed by atoms with E-state index in [1.54, 1.807) is 14.2 Å². The lowest BCUT2D eigenvalue weighted by Crippen LogP contribution is -2.53. The number of rotatable bonds is 4. The smallest absolute Gasteiger partial charge is 0.350 e. The highest BCUT2D eigenvalue weighted by Gasteiger charge is 2.61. The van der Waals surface area contributed by atoms with Crippen LogP contribution in [0.4, 0.5) is 0 Å². The van der Waals surface area contributed by atoms with Crippen molar-refractivity contribution in [3.8, 4) is 11.5 Å². The van der Waals surface area contributed by atoms with Crippen molar-refractivity contribution in [2.75, 3.05) is 41.4 Å². The van der Waals surface area contributed by atoms with E-state index in [0.29, 0.717) is 12.8 Å². The Morgan fingerprint density at radius 3 is 1.69 bits per heavy atom. The summed E-state index contributed by atoms with van der Waals surface area (Å²) in [5.74, 6) is 0.165. The van der Waals surface area contributed by atoms with E-state index in [1.807, 2.05) is 48.5 Å². The van der Waals surface area contributed by atoms with Crippen molar-refractivity contribution in [1.82, 2.24) is 0 Å². The third-order valence-electron chi connectivity index (χ3n) is 6.09. The fourth-order valence-corrected chi connectivity index (χ4v) is 4.14. The molecule has 0 bridgehead atoms. The highest BCUT2D eigenvalue weighted by molar-refractivity contribution is 5.87. The molecule has 29 heavy (non-hydrogen) atoms. The minimum Gasteiger partial charge on any atom is -0.497 e. The monoisotopic (exact) mass is 398 g/mol. The Morgan fingerprint density at radius 2 is 1.28 bits per heavy atom. The summed E-state index contributed by atoms with van der Waals surface area (Å²) in [4.78, 5) is 13.4. The van der Waals surface area contributed by atoms with Gasteiger partial charge in [-0.1, -0.05) is 24.3 Å². The second kappa shape index (κ2) is 7.04. The molecule has 154 valence electrons. The van der Waals surface area contributed by atoms with Crippen molar-refractivity contribution in [2.45, 2.75) is 24.2 Å². The molecule has 2 aromatic rings. The largest absolute Gasteiger partial charge is 0.497 e. The SMILES string of the molecule is COc1ccc(C2(c3ccc(OC)cc3)OC3(CC[N+](C)(C)CC3)OC2=O)cc1. The van der Waals surface area contributed by atoms with Crippen LogP contribution in [-0.4, -0.2) is 57.6 Å². The zero-order valence-corrected chi connectivity index (χ0v) is 17.4. The van der Waals surface area contributed by atoms with Gasteiger partial charge in [-0.15, -0.1) is 0 Å². The summed E-state index contributed by atoms with van der Waals surface area (Å²) in [6.07, 6.45) is 1.33. The molecule has 0 atom stereocenters. The van der Waals surface area contributed by atoms with Gasteiger partial charge in [-0.2, -0.15) is 0 Å². The Hall–Kier alpha value is -2.57. The lowest BCUT2D eigenvalue weighted by atomic mass is 9.86. The highest BCUT2D eigenvalue weighted by Crippen LogP contribution is 2.49. The van der Waals surface area contributed by atoms with Crippen LogP contribution >= 0.6 is 0 Å². The molecule has 2 saturated heterocycles. The Bertz CT molecular complexity index is 831. The number of likely N-dealkylation sites (tertiary alicyclic amines) is 1. The molecule has 6 nitrogen and oxygen atoms in total. The molecule has 0 aliphatic carbocycles. The normalized spacial score (nSPS) is 21.6. The van der Waals surface area contributed by atoms with Gasteiger partial charge in [0, 0.05) is 11.1 Å². The zero-order valence-electron chi connectivity index (χ0n) is 17.4. The first kappa shape index (κ1) is 19.7. The molecule has 1 spiro atoms. The van der Waals surface area contributed by atoms with E-state index in [2.05, 4.69) is 14.1 Å². The number of nitrogens with zero attached hydrogens (tertiary/aromatic N) is 1. The Labute approximate surface area is 171 Å². The summed E-state index contributed by atoms with van der Waals surface area (Å²) in [5.41, 5.74) is 0.141. The van der Waals surface area contributed by atoms with Gasteiger partial charge in [-0.05, 0) is 24.3 Å². The molecule has 0 N–H and O–H groups in total. The van der Waals surface area contributed by atoms with E-state index < -0.39 is 11.4 Å². The molecule has 0 radical (unpaired) electrons. The molecule has 2 heterocycles. The van der Waals surface area contributed by atoms with Gasteiger partial charge < -0.3 is 23.4 Å². The Balaban J connectivity index is 1.79. The fraction of sp³-hybridized carbons (Fsp3) is 0.435. The third-order valence-corrected chi connectivity index (χ3v) is 6.09. The average molecular weight is 398 g/mol. The van der Waals surface area contributed by atoms with Gasteiger partial charge in [0.1, 0.15) is 11.5 Å². The molecule has 4 rings (SSSR count). The van der Waals surface area contributed by atoms with Gasteiger partial charge >= 0.3 is 5.97 Å². The molecular formula is C23H28NO5+. The first-order valence-corrected chi connectivity index (χ1v) is 9.87. The van der Waals surface area contributed by atoms with Crippen LogP contribution in [0.1, 0.15) is 24.0 Å². The molecular weight excluding hydrogens is 370 g/mol. The van der Waals surface area contributed by atoms with Gasteiger partial charge in [0.15, 0.2) is 0 Å². The summed E-state index contributed by atoms with van der Waals surface area (Å²) in [5, 5.41) is 0. The maximum atomic E-state index is 13.4. The van der Waals surface area contributed by atoms with Gasteiger partial charge in [0.25, 0.3) is 0 Å². The number of piperidine rings is 1. The summed E-state index contributed by atoms with van der Waals surface area (Å²) in [6.45, 7) is 1.77. The predicted molar refractivity (Wildman–Crippen MR) is 108 cm³/mol. The molecule has 2 aliphatic heterocycles. The van der Waals surface area contributed by atoms with E-state index in [9.17, 15) is 4.79 Å². The van der Waals surface area contributed by atoms with Crippen LogP contribution in [0.5, 0.6) is 11.5 Å². The van der Waals surface area contributed by atoms with Crippen LogP contribution in [0.25, 0.3) is 0 Å². The first-order chi connectivity index (χ1) is 13.8. The van der Waals surface area contributed by atoms with Crippen molar-refractivity contribution in [3.05, 3.63) is 59.7 Å². The minimum absolute atomic E-state index is 0.375. The second-order valence-electron chi connectivity index (χ2n) is 8.42. The third kappa shape index (κ3) is 3.36. The van der Waals surface area contributed by atoms with Crippen LogP contribution < -0.4 is 9.47 Å². The van der Waals surface area contributed by atoms with Crippen molar-refractivity contribution >= 4 is 5.97 Å². The molecule has 0 saturated carbocycles. The summed E-state index contributed by atoms with van der Waals surface area (Å²) >= 11 is 0. The van der Waals surface area contributed by atoms with E-state index in [4.69, 9.17) is 18.9 Å². The molecule has 0 amide bonds. The predicted octanol–water partition coefficient (Wildman–Crippen LogP) is 3.09. The van der Waals surface area contributed by atoms with E-state index in [0.717, 1.165) is 40.2 Å². The van der Waals surface area contributed by atoms with E-state index in [1.165, 1.54) is 0 Å². The number of quaternary nitrogens is 1. The Kier molecular flexibility index (Phi) is 4.79. The van der Waals surface area contributed by atoms with Crippen molar-refractivity contribution < 1.29 is 28.2 Å². The second-order valence-corrected chi connectivity index (χ2v) is 8.42. The van der Waals surface area contributed by atoms with Crippen molar-refractivity contribution in [1.29, 1.82) is 0 Å². The molecule has 2 aliphatic rings. The minimum atomic E-state index is -1.31. The molecule has 0 unspecified atom stereocenters. The quantitative estimate of drug-likeness (QED) is 0.585. The molecule has 6 heteroatoms. The van der Waals surface area contributed by atoms with E-state index in [-0.39, 0.29) is 5.97 Å². The van der Waals surface area contributed by atoms with Crippen molar-refractivity contribution in [2.24, 2.45) is 0 Å². The summed E-state index contributed by atoms with van der Waals surface area (Å²) < 4.78 is 24.1. The van der Waals surface area contributed by atoms with Gasteiger partial charge in [-0.3, -0.25) is 0 Å². The van der Waals surface area contributed by atoms with Crippen LogP contribution in [0.3, 0.4) is 0 Å². The number of hydrogen-bond acceptors (Lipinski definition) is 5. The number of esters is 1. The van der Waals surface area contributed by atoms with E-state index >= 15 is 0 Å². The maximum Gasteiger partial charge on any atom is 0.350 e. The lowest BCUT2D eigenvalue weighted by molar-refractivity contribution is -0.898. The average Bonchev–Trinajstić information content (AvgIpc) is 3.04.